The molecular formula is C29H48N2O4. The zero-order chi connectivity index (χ0) is 25.7. The largest absolute Gasteiger partial charge is 0.461 e. The van der Waals surface area contributed by atoms with Crippen LogP contribution < -0.4 is 11.1 Å². The number of carbonyl (C=O) groups excluding carboxylic acids is 3. The van der Waals surface area contributed by atoms with Gasteiger partial charge in [-0.3, -0.25) is 9.59 Å². The van der Waals surface area contributed by atoms with Gasteiger partial charge in [0, 0.05) is 5.92 Å². The average molecular weight is 489 g/mol. The van der Waals surface area contributed by atoms with Gasteiger partial charge in [-0.25, -0.2) is 4.79 Å². The lowest BCUT2D eigenvalue weighted by molar-refractivity contribution is -0.165. The number of hydrogen-bond donors (Lipinski definition) is 2. The molecule has 0 aliphatic heterocycles. The van der Waals surface area contributed by atoms with E-state index in [1.807, 2.05) is 13.8 Å². The number of esters is 1. The zero-order valence-electron chi connectivity index (χ0n) is 22.8. The topological polar surface area (TPSA) is 98.5 Å². The minimum atomic E-state index is -0.691. The minimum absolute atomic E-state index is 0.0135. The molecule has 0 saturated heterocycles. The van der Waals surface area contributed by atoms with Crippen molar-refractivity contribution in [1.82, 2.24) is 5.32 Å². The summed E-state index contributed by atoms with van der Waals surface area (Å²) < 4.78 is 5.92. The number of hydrogen-bond acceptors (Lipinski definition) is 5. The summed E-state index contributed by atoms with van der Waals surface area (Å²) in [6.45, 7) is 12.2. The number of rotatable bonds is 6. The summed E-state index contributed by atoms with van der Waals surface area (Å²) in [5.74, 6) is 2.72. The van der Waals surface area contributed by atoms with Crippen molar-refractivity contribution in [2.75, 3.05) is 0 Å². The molecule has 4 saturated carbocycles. The fourth-order valence-electron chi connectivity index (χ4n) is 8.93. The second kappa shape index (κ2) is 9.79. The van der Waals surface area contributed by atoms with Crippen LogP contribution in [0.5, 0.6) is 0 Å². The molecule has 3 N–H and O–H groups in total. The third kappa shape index (κ3) is 4.69. The molecule has 4 rings (SSSR count). The third-order valence-corrected chi connectivity index (χ3v) is 11.1. The predicted molar refractivity (Wildman–Crippen MR) is 136 cm³/mol. The van der Waals surface area contributed by atoms with Crippen molar-refractivity contribution in [2.24, 2.45) is 52.1 Å². The van der Waals surface area contributed by atoms with E-state index in [4.69, 9.17) is 10.5 Å². The second-order valence-electron chi connectivity index (χ2n) is 13.3. The molecule has 4 aliphatic rings. The number of ether oxygens (including phenoxy) is 1. The molecule has 6 heteroatoms. The van der Waals surface area contributed by atoms with Gasteiger partial charge in [-0.1, -0.05) is 27.7 Å². The van der Waals surface area contributed by atoms with Gasteiger partial charge in [0.05, 0.1) is 6.04 Å². The summed E-state index contributed by atoms with van der Waals surface area (Å²) in [6, 6.07) is -1.32. The number of amides is 1. The Hall–Kier alpha value is -1.43. The minimum Gasteiger partial charge on any atom is -0.461 e. The first-order chi connectivity index (χ1) is 16.4. The van der Waals surface area contributed by atoms with Gasteiger partial charge >= 0.3 is 5.97 Å². The second-order valence-corrected chi connectivity index (χ2v) is 13.3. The Morgan fingerprint density at radius 1 is 0.914 bits per heavy atom. The highest BCUT2D eigenvalue weighted by Crippen LogP contribution is 2.67. The van der Waals surface area contributed by atoms with Crippen molar-refractivity contribution in [3.63, 3.8) is 0 Å². The normalized spacial score (nSPS) is 42.3. The Balaban J connectivity index is 1.36. The van der Waals surface area contributed by atoms with Crippen molar-refractivity contribution in [2.45, 2.75) is 118 Å². The number of nitrogens with one attached hydrogen (secondary N) is 1. The van der Waals surface area contributed by atoms with Gasteiger partial charge in [0.25, 0.3) is 0 Å². The van der Waals surface area contributed by atoms with Crippen LogP contribution in [-0.4, -0.2) is 35.8 Å². The molecule has 0 spiro atoms. The highest BCUT2D eigenvalue weighted by Gasteiger charge is 2.61. The lowest BCUT2D eigenvalue weighted by atomic mass is 9.44. The van der Waals surface area contributed by atoms with Crippen molar-refractivity contribution >= 4 is 17.7 Å². The van der Waals surface area contributed by atoms with Gasteiger partial charge in [0.1, 0.15) is 17.9 Å². The molecule has 0 aromatic rings. The Bertz CT molecular complexity index is 843. The fraction of sp³-hybridized carbons (Fsp3) is 0.897. The zero-order valence-corrected chi connectivity index (χ0v) is 22.8. The molecule has 0 radical (unpaired) electrons. The van der Waals surface area contributed by atoms with Crippen LogP contribution in [0, 0.1) is 46.3 Å². The molecule has 1 amide bonds. The SMILES string of the molecule is CC(=O)[C@H]1CC[C@H]2[C@@H]3CC[C@H]4C[C@H](OC(=O)[C@H](C)NC(=O)[C@H](N)C(C)C)CC[C@]4(C)[C@H]3CC[C@]12C. The van der Waals surface area contributed by atoms with Crippen LogP contribution in [0.15, 0.2) is 0 Å². The van der Waals surface area contributed by atoms with E-state index in [2.05, 4.69) is 19.2 Å². The monoisotopic (exact) mass is 488 g/mol. The standard InChI is InChI=1S/C29H48N2O4/c1-16(2)25(30)26(33)31-17(3)27(34)35-20-11-13-28(5)19(15-20)7-8-21-23-10-9-22(18(4)32)29(23,6)14-12-24(21)28/h16-17,19-25H,7-15,30H2,1-6H3,(H,31,33)/t17-,19-,20+,21-,22+,23-,24-,25+,28-,29+/m0/s1. The molecule has 0 unspecified atom stereocenters. The smallest absolute Gasteiger partial charge is 0.328 e. The molecule has 4 fully saturated rings. The number of carbonyl (C=O) groups is 3. The van der Waals surface area contributed by atoms with E-state index in [9.17, 15) is 14.4 Å². The lowest BCUT2D eigenvalue weighted by Gasteiger charge is -2.61. The van der Waals surface area contributed by atoms with Crippen LogP contribution in [0.4, 0.5) is 0 Å². The Morgan fingerprint density at radius 3 is 2.23 bits per heavy atom. The van der Waals surface area contributed by atoms with Gasteiger partial charge in [-0.15, -0.1) is 0 Å². The van der Waals surface area contributed by atoms with Gasteiger partial charge in [-0.2, -0.15) is 0 Å². The molecule has 10 atom stereocenters. The summed E-state index contributed by atoms with van der Waals surface area (Å²) >= 11 is 0. The van der Waals surface area contributed by atoms with Gasteiger partial charge in [0.2, 0.25) is 5.91 Å². The summed E-state index contributed by atoms with van der Waals surface area (Å²) in [4.78, 5) is 37.4. The van der Waals surface area contributed by atoms with E-state index >= 15 is 0 Å². The molecule has 0 heterocycles. The van der Waals surface area contributed by atoms with Crippen LogP contribution in [0.25, 0.3) is 0 Å². The maximum Gasteiger partial charge on any atom is 0.328 e. The third-order valence-electron chi connectivity index (χ3n) is 11.1. The van der Waals surface area contributed by atoms with E-state index < -0.39 is 12.1 Å². The van der Waals surface area contributed by atoms with E-state index in [1.165, 1.54) is 32.1 Å². The maximum atomic E-state index is 12.7. The first-order valence-corrected chi connectivity index (χ1v) is 14.2. The summed E-state index contributed by atoms with van der Waals surface area (Å²) in [5, 5.41) is 2.73. The number of nitrogens with two attached hydrogens (primary N) is 1. The van der Waals surface area contributed by atoms with E-state index in [0.717, 1.165) is 37.5 Å². The van der Waals surface area contributed by atoms with Crippen molar-refractivity contribution < 1.29 is 19.1 Å². The van der Waals surface area contributed by atoms with Crippen LogP contribution in [-0.2, 0) is 19.1 Å². The molecule has 6 nitrogen and oxygen atoms in total. The average Bonchev–Trinajstić information content (AvgIpc) is 3.16. The highest BCUT2D eigenvalue weighted by atomic mass is 16.5. The highest BCUT2D eigenvalue weighted by molar-refractivity contribution is 5.87. The summed E-state index contributed by atoms with van der Waals surface area (Å²) in [5.41, 5.74) is 6.41. The van der Waals surface area contributed by atoms with Crippen molar-refractivity contribution in [3.8, 4) is 0 Å². The molecular weight excluding hydrogens is 440 g/mol. The number of Topliss-reactive ketones (excluding diaryl/α,β-unsaturated/α-hetero) is 1. The Morgan fingerprint density at radius 2 is 1.57 bits per heavy atom. The number of fused-ring (bicyclic) bond motifs is 5. The van der Waals surface area contributed by atoms with Crippen molar-refractivity contribution in [3.05, 3.63) is 0 Å². The van der Waals surface area contributed by atoms with Crippen LogP contribution >= 0.6 is 0 Å². The van der Waals surface area contributed by atoms with Gasteiger partial charge < -0.3 is 15.8 Å². The number of ketones is 1. The van der Waals surface area contributed by atoms with Gasteiger partial charge in [0.15, 0.2) is 0 Å². The molecule has 4 aliphatic carbocycles. The molecule has 35 heavy (non-hydrogen) atoms. The van der Waals surface area contributed by atoms with E-state index in [0.29, 0.717) is 23.0 Å². The molecule has 0 aromatic carbocycles. The molecule has 0 aromatic heterocycles. The summed E-state index contributed by atoms with van der Waals surface area (Å²) in [6.07, 6.45) is 9.99. The lowest BCUT2D eigenvalue weighted by Crippen LogP contribution is -2.55. The maximum absolute atomic E-state index is 12.7. The molecule has 198 valence electrons. The Kier molecular flexibility index (Phi) is 7.45. The van der Waals surface area contributed by atoms with Crippen molar-refractivity contribution in [1.29, 1.82) is 0 Å². The first kappa shape index (κ1) is 26.6. The first-order valence-electron chi connectivity index (χ1n) is 14.2. The summed E-state index contributed by atoms with van der Waals surface area (Å²) in [7, 11) is 0. The Labute approximate surface area is 211 Å². The van der Waals surface area contributed by atoms with E-state index in [1.54, 1.807) is 13.8 Å². The van der Waals surface area contributed by atoms with Crippen LogP contribution in [0.1, 0.15) is 99.3 Å². The van der Waals surface area contributed by atoms with Crippen LogP contribution in [0.3, 0.4) is 0 Å². The fourth-order valence-corrected chi connectivity index (χ4v) is 8.93. The molecule has 0 bridgehead atoms. The van der Waals surface area contributed by atoms with E-state index in [-0.39, 0.29) is 35.2 Å². The quantitative estimate of drug-likeness (QED) is 0.531. The van der Waals surface area contributed by atoms with Gasteiger partial charge in [-0.05, 0) is 112 Å². The predicted octanol–water partition coefficient (Wildman–Crippen LogP) is 4.63. The van der Waals surface area contributed by atoms with Crippen LogP contribution in [0.2, 0.25) is 0 Å².